The number of nitrogens with one attached hydrogen (secondary N) is 2. The zero-order valence-electron chi connectivity index (χ0n) is 12.2. The van der Waals surface area contributed by atoms with Gasteiger partial charge in [0.25, 0.3) is 0 Å². The zero-order valence-corrected chi connectivity index (χ0v) is 12.2. The highest BCUT2D eigenvalue weighted by molar-refractivity contribution is 5.91. The number of carbonyl (C=O) groups excluding carboxylic acids is 2. The van der Waals surface area contributed by atoms with E-state index in [1.54, 1.807) is 19.9 Å². The first-order valence-corrected chi connectivity index (χ1v) is 6.25. The summed E-state index contributed by atoms with van der Waals surface area (Å²) in [6, 6.07) is 5.03. The number of carbonyl (C=O) groups is 2. The Morgan fingerprint density at radius 3 is 2.55 bits per heavy atom. The first-order valence-electron chi connectivity index (χ1n) is 6.25. The lowest BCUT2D eigenvalue weighted by molar-refractivity contribution is -0.125. The maximum atomic E-state index is 11.8. The number of amides is 3. The predicted octanol–water partition coefficient (Wildman–Crippen LogP) is 1.64. The molecule has 0 aliphatic heterocycles. The van der Waals surface area contributed by atoms with Crippen molar-refractivity contribution in [1.29, 1.82) is 0 Å². The number of hydrogen-bond acceptors (Lipinski definition) is 3. The van der Waals surface area contributed by atoms with Gasteiger partial charge in [-0.1, -0.05) is 6.07 Å². The number of urea groups is 1. The Balaban J connectivity index is 2.66. The quantitative estimate of drug-likeness (QED) is 0.764. The summed E-state index contributed by atoms with van der Waals surface area (Å²) in [6.45, 7) is 5.42. The molecule has 6 nitrogen and oxygen atoms in total. The van der Waals surface area contributed by atoms with Crippen molar-refractivity contribution in [2.24, 2.45) is 11.1 Å². The summed E-state index contributed by atoms with van der Waals surface area (Å²) in [6.07, 6.45) is 0. The molecule has 0 saturated carbocycles. The molecule has 0 radical (unpaired) electrons. The van der Waals surface area contributed by atoms with Gasteiger partial charge in [-0.2, -0.15) is 0 Å². The molecule has 0 fully saturated rings. The van der Waals surface area contributed by atoms with Crippen LogP contribution in [0, 0.1) is 12.3 Å². The lowest BCUT2D eigenvalue weighted by Crippen LogP contribution is -2.43. The molecule has 0 bridgehead atoms. The van der Waals surface area contributed by atoms with Gasteiger partial charge in [-0.05, 0) is 38.5 Å². The van der Waals surface area contributed by atoms with Gasteiger partial charge in [0.05, 0.1) is 18.2 Å². The Morgan fingerprint density at radius 1 is 1.35 bits per heavy atom. The van der Waals surface area contributed by atoms with Gasteiger partial charge in [-0.3, -0.25) is 4.79 Å². The van der Waals surface area contributed by atoms with Crippen LogP contribution in [0.3, 0.4) is 0 Å². The minimum atomic E-state index is -0.797. The molecule has 0 spiro atoms. The van der Waals surface area contributed by atoms with Gasteiger partial charge in [0.15, 0.2) is 0 Å². The van der Waals surface area contributed by atoms with Crippen molar-refractivity contribution < 1.29 is 14.3 Å². The highest BCUT2D eigenvalue weighted by Gasteiger charge is 2.25. The van der Waals surface area contributed by atoms with Gasteiger partial charge in [0.2, 0.25) is 5.91 Å². The first kappa shape index (κ1) is 15.8. The largest absolute Gasteiger partial charge is 0.495 e. The second-order valence-electron chi connectivity index (χ2n) is 5.26. The number of hydrogen-bond donors (Lipinski definition) is 3. The standard InChI is InChI=1S/C14H21N3O3/c1-9-5-6-10(11(7-9)20-4)17-13(19)16-8-14(2,3)12(15)18/h5-7H,8H2,1-4H3,(H2,15,18)(H2,16,17,19). The van der Waals surface area contributed by atoms with Crippen molar-refractivity contribution >= 4 is 17.6 Å². The Hall–Kier alpha value is -2.24. The summed E-state index contributed by atoms with van der Waals surface area (Å²) in [4.78, 5) is 23.0. The van der Waals surface area contributed by atoms with Gasteiger partial charge in [-0.15, -0.1) is 0 Å². The van der Waals surface area contributed by atoms with Crippen LogP contribution >= 0.6 is 0 Å². The molecule has 4 N–H and O–H groups in total. The molecule has 1 rings (SSSR count). The van der Waals surface area contributed by atoms with Crippen molar-refractivity contribution in [1.82, 2.24) is 5.32 Å². The number of rotatable bonds is 5. The van der Waals surface area contributed by atoms with E-state index >= 15 is 0 Å². The molecule has 6 heteroatoms. The van der Waals surface area contributed by atoms with Crippen molar-refractivity contribution in [3.63, 3.8) is 0 Å². The van der Waals surface area contributed by atoms with E-state index in [2.05, 4.69) is 10.6 Å². The van der Waals surface area contributed by atoms with E-state index in [-0.39, 0.29) is 6.54 Å². The van der Waals surface area contributed by atoms with Crippen LogP contribution in [0.5, 0.6) is 5.75 Å². The van der Waals surface area contributed by atoms with Gasteiger partial charge in [0, 0.05) is 6.54 Å². The van der Waals surface area contributed by atoms with Gasteiger partial charge < -0.3 is 21.1 Å². The number of benzene rings is 1. The summed E-state index contributed by atoms with van der Waals surface area (Å²) in [5.41, 5.74) is 6.04. The average Bonchev–Trinajstić information content (AvgIpc) is 2.38. The summed E-state index contributed by atoms with van der Waals surface area (Å²) < 4.78 is 5.19. The monoisotopic (exact) mass is 279 g/mol. The highest BCUT2D eigenvalue weighted by atomic mass is 16.5. The molecular weight excluding hydrogens is 258 g/mol. The SMILES string of the molecule is COc1cc(C)ccc1NC(=O)NCC(C)(C)C(N)=O. The number of ether oxygens (including phenoxy) is 1. The van der Waals surface area contributed by atoms with Crippen molar-refractivity contribution in [3.05, 3.63) is 23.8 Å². The second-order valence-corrected chi connectivity index (χ2v) is 5.26. The van der Waals surface area contributed by atoms with E-state index in [9.17, 15) is 9.59 Å². The Labute approximate surface area is 118 Å². The third-order valence-electron chi connectivity index (χ3n) is 2.96. The molecule has 0 saturated heterocycles. The van der Waals surface area contributed by atoms with Crippen LogP contribution in [0.15, 0.2) is 18.2 Å². The molecule has 3 amide bonds. The Morgan fingerprint density at radius 2 is 2.00 bits per heavy atom. The fourth-order valence-corrected chi connectivity index (χ4v) is 1.46. The van der Waals surface area contributed by atoms with Gasteiger partial charge in [-0.25, -0.2) is 4.79 Å². The fraction of sp³-hybridized carbons (Fsp3) is 0.429. The molecule has 0 atom stereocenters. The fourth-order valence-electron chi connectivity index (χ4n) is 1.46. The van der Waals surface area contributed by atoms with E-state index in [1.807, 2.05) is 19.1 Å². The van der Waals surface area contributed by atoms with Crippen molar-refractivity contribution in [3.8, 4) is 5.75 Å². The van der Waals surface area contributed by atoms with E-state index in [1.165, 1.54) is 7.11 Å². The molecule has 0 unspecified atom stereocenters. The molecule has 1 aromatic carbocycles. The minimum absolute atomic E-state index is 0.155. The summed E-state index contributed by atoms with van der Waals surface area (Å²) in [7, 11) is 1.54. The minimum Gasteiger partial charge on any atom is -0.495 e. The van der Waals surface area contributed by atoms with Crippen LogP contribution in [0.4, 0.5) is 10.5 Å². The smallest absolute Gasteiger partial charge is 0.319 e. The van der Waals surface area contributed by atoms with E-state index < -0.39 is 17.4 Å². The average molecular weight is 279 g/mol. The van der Waals surface area contributed by atoms with Crippen LogP contribution in [0.25, 0.3) is 0 Å². The van der Waals surface area contributed by atoms with Crippen LogP contribution in [0.2, 0.25) is 0 Å². The maximum absolute atomic E-state index is 11.8. The summed E-state index contributed by atoms with van der Waals surface area (Å²) in [5.74, 6) is 0.111. The highest BCUT2D eigenvalue weighted by Crippen LogP contribution is 2.25. The van der Waals surface area contributed by atoms with Crippen LogP contribution in [-0.2, 0) is 4.79 Å². The number of anilines is 1. The first-order chi connectivity index (χ1) is 9.26. The van der Waals surface area contributed by atoms with Crippen molar-refractivity contribution in [2.45, 2.75) is 20.8 Å². The number of primary amides is 1. The molecule has 0 aliphatic rings. The van der Waals surface area contributed by atoms with Crippen LogP contribution in [-0.4, -0.2) is 25.6 Å². The number of methoxy groups -OCH3 is 1. The second kappa shape index (κ2) is 6.27. The number of nitrogens with two attached hydrogens (primary N) is 1. The molecule has 0 aliphatic carbocycles. The third kappa shape index (κ3) is 4.15. The van der Waals surface area contributed by atoms with E-state index in [0.29, 0.717) is 11.4 Å². The lowest BCUT2D eigenvalue weighted by Gasteiger charge is -2.21. The van der Waals surface area contributed by atoms with E-state index in [4.69, 9.17) is 10.5 Å². The third-order valence-corrected chi connectivity index (χ3v) is 2.96. The molecule has 0 aromatic heterocycles. The molecule has 20 heavy (non-hydrogen) atoms. The van der Waals surface area contributed by atoms with Gasteiger partial charge in [0.1, 0.15) is 5.75 Å². The summed E-state index contributed by atoms with van der Waals surface area (Å²) >= 11 is 0. The van der Waals surface area contributed by atoms with Crippen molar-refractivity contribution in [2.75, 3.05) is 19.0 Å². The van der Waals surface area contributed by atoms with E-state index in [0.717, 1.165) is 5.56 Å². The predicted molar refractivity (Wildman–Crippen MR) is 77.7 cm³/mol. The normalized spacial score (nSPS) is 10.8. The lowest BCUT2D eigenvalue weighted by atomic mass is 9.93. The molecule has 0 heterocycles. The van der Waals surface area contributed by atoms with Crippen LogP contribution < -0.4 is 21.1 Å². The van der Waals surface area contributed by atoms with Crippen LogP contribution in [0.1, 0.15) is 19.4 Å². The number of aryl methyl sites for hydroxylation is 1. The Kier molecular flexibility index (Phi) is 4.96. The molecular formula is C14H21N3O3. The Bertz CT molecular complexity index is 512. The molecule has 1 aromatic rings. The zero-order chi connectivity index (χ0) is 15.3. The molecule has 110 valence electrons. The summed E-state index contributed by atoms with van der Waals surface area (Å²) in [5, 5.41) is 5.29. The topological polar surface area (TPSA) is 93.4 Å². The maximum Gasteiger partial charge on any atom is 0.319 e. The van der Waals surface area contributed by atoms with Gasteiger partial charge >= 0.3 is 6.03 Å².